The number of aryl methyl sites for hydroxylation is 1. The van der Waals surface area contributed by atoms with Crippen molar-refractivity contribution in [3.63, 3.8) is 0 Å². The van der Waals surface area contributed by atoms with E-state index in [1.54, 1.807) is 25.7 Å². The number of hydrogen-bond acceptors (Lipinski definition) is 2. The van der Waals surface area contributed by atoms with E-state index in [2.05, 4.69) is 21.2 Å². The lowest BCUT2D eigenvalue weighted by Crippen LogP contribution is -2.67. The van der Waals surface area contributed by atoms with Gasteiger partial charge < -0.3 is 5.32 Å². The first-order valence-corrected chi connectivity index (χ1v) is 7.51. The van der Waals surface area contributed by atoms with E-state index in [1.807, 2.05) is 25.1 Å². The van der Waals surface area contributed by atoms with Crippen molar-refractivity contribution in [3.8, 4) is 0 Å². The first kappa shape index (κ1) is 15.0. The molecule has 1 aromatic carbocycles. The first-order valence-electron chi connectivity index (χ1n) is 6.72. The largest absolute Gasteiger partial charge is 0.340 e. The molecule has 1 saturated heterocycles. The van der Waals surface area contributed by atoms with Crippen molar-refractivity contribution >= 4 is 33.4 Å². The standard InChI is InChI=1S/C15H19BrN2O2/c1-5-10-8-11(16)6-7-12(10)18-9(2)13(19)17-15(3,4)14(18)20/h6-9H,5H2,1-4H3,(H,17,19). The van der Waals surface area contributed by atoms with Crippen LogP contribution in [-0.2, 0) is 16.0 Å². The van der Waals surface area contributed by atoms with E-state index in [1.165, 1.54) is 0 Å². The molecule has 0 aromatic heterocycles. The van der Waals surface area contributed by atoms with Crippen LogP contribution in [0, 0.1) is 0 Å². The average Bonchev–Trinajstić information content (AvgIpc) is 2.38. The number of halogens is 1. The van der Waals surface area contributed by atoms with Crippen LogP contribution < -0.4 is 10.2 Å². The number of nitrogens with one attached hydrogen (secondary N) is 1. The SMILES string of the molecule is CCc1cc(Br)ccc1N1C(=O)C(C)(C)NC(=O)C1C. The van der Waals surface area contributed by atoms with Crippen molar-refractivity contribution in [1.82, 2.24) is 5.32 Å². The Bertz CT molecular complexity index is 569. The van der Waals surface area contributed by atoms with Crippen LogP contribution in [-0.4, -0.2) is 23.4 Å². The van der Waals surface area contributed by atoms with Gasteiger partial charge in [0.05, 0.1) is 0 Å². The average molecular weight is 339 g/mol. The van der Waals surface area contributed by atoms with Gasteiger partial charge in [0, 0.05) is 10.2 Å². The fourth-order valence-electron chi connectivity index (χ4n) is 2.45. The lowest BCUT2D eigenvalue weighted by atomic mass is 9.95. The van der Waals surface area contributed by atoms with Gasteiger partial charge in [0.15, 0.2) is 0 Å². The molecule has 0 radical (unpaired) electrons. The summed E-state index contributed by atoms with van der Waals surface area (Å²) in [5.41, 5.74) is 0.989. The number of hydrogen-bond donors (Lipinski definition) is 1. The Kier molecular flexibility index (Phi) is 3.91. The highest BCUT2D eigenvalue weighted by molar-refractivity contribution is 9.10. The second-order valence-electron chi connectivity index (χ2n) is 5.59. The van der Waals surface area contributed by atoms with Crippen molar-refractivity contribution in [2.24, 2.45) is 0 Å². The van der Waals surface area contributed by atoms with Crippen LogP contribution in [0.25, 0.3) is 0 Å². The van der Waals surface area contributed by atoms with E-state index >= 15 is 0 Å². The Morgan fingerprint density at radius 1 is 1.35 bits per heavy atom. The molecule has 2 amide bonds. The predicted octanol–water partition coefficient (Wildman–Crippen LogP) is 2.64. The molecule has 20 heavy (non-hydrogen) atoms. The van der Waals surface area contributed by atoms with Crippen molar-refractivity contribution in [2.45, 2.75) is 45.7 Å². The van der Waals surface area contributed by atoms with Crippen LogP contribution in [0.4, 0.5) is 5.69 Å². The summed E-state index contributed by atoms with van der Waals surface area (Å²) in [7, 11) is 0. The fourth-order valence-corrected chi connectivity index (χ4v) is 2.86. The second kappa shape index (κ2) is 5.20. The summed E-state index contributed by atoms with van der Waals surface area (Å²) in [6.45, 7) is 7.26. The molecule has 0 saturated carbocycles. The maximum atomic E-state index is 12.7. The molecule has 1 fully saturated rings. The van der Waals surface area contributed by atoms with E-state index in [-0.39, 0.29) is 11.8 Å². The van der Waals surface area contributed by atoms with Crippen LogP contribution >= 0.6 is 15.9 Å². The number of rotatable bonds is 2. The molecular formula is C15H19BrN2O2. The number of benzene rings is 1. The lowest BCUT2D eigenvalue weighted by molar-refractivity contribution is -0.136. The van der Waals surface area contributed by atoms with Gasteiger partial charge in [-0.15, -0.1) is 0 Å². The summed E-state index contributed by atoms with van der Waals surface area (Å²) in [5.74, 6) is -0.207. The summed E-state index contributed by atoms with van der Waals surface area (Å²) >= 11 is 3.44. The van der Waals surface area contributed by atoms with Crippen LogP contribution in [0.3, 0.4) is 0 Å². The summed E-state index contributed by atoms with van der Waals surface area (Å²) in [6.07, 6.45) is 0.799. The van der Waals surface area contributed by atoms with Crippen LogP contribution in [0.1, 0.15) is 33.3 Å². The van der Waals surface area contributed by atoms with Crippen LogP contribution in [0.2, 0.25) is 0 Å². The van der Waals surface area contributed by atoms with Gasteiger partial charge in [-0.2, -0.15) is 0 Å². The number of nitrogens with zero attached hydrogens (tertiary/aromatic N) is 1. The third kappa shape index (κ3) is 2.46. The minimum atomic E-state index is -0.873. The Hall–Kier alpha value is -1.36. The monoisotopic (exact) mass is 338 g/mol. The number of anilines is 1. The van der Waals surface area contributed by atoms with Gasteiger partial charge in [-0.05, 0) is 51.0 Å². The molecule has 1 unspecified atom stereocenters. The summed E-state index contributed by atoms with van der Waals surface area (Å²) in [6, 6.07) is 5.29. The molecule has 1 aliphatic rings. The van der Waals surface area contributed by atoms with Gasteiger partial charge in [0.2, 0.25) is 5.91 Å². The first-order chi connectivity index (χ1) is 9.27. The Morgan fingerprint density at radius 2 is 2.00 bits per heavy atom. The molecule has 1 aliphatic heterocycles. The lowest BCUT2D eigenvalue weighted by Gasteiger charge is -2.42. The molecule has 1 atom stereocenters. The minimum absolute atomic E-state index is 0.0818. The van der Waals surface area contributed by atoms with Crippen molar-refractivity contribution in [2.75, 3.05) is 4.90 Å². The van der Waals surface area contributed by atoms with E-state index in [9.17, 15) is 9.59 Å². The third-order valence-corrected chi connectivity index (χ3v) is 4.13. The zero-order chi connectivity index (χ0) is 15.1. The van der Waals surface area contributed by atoms with E-state index in [4.69, 9.17) is 0 Å². The summed E-state index contributed by atoms with van der Waals surface area (Å²) < 4.78 is 0.971. The van der Waals surface area contributed by atoms with E-state index in [0.717, 1.165) is 22.1 Å². The van der Waals surface area contributed by atoms with E-state index < -0.39 is 11.6 Å². The van der Waals surface area contributed by atoms with Gasteiger partial charge in [-0.25, -0.2) is 0 Å². The van der Waals surface area contributed by atoms with Gasteiger partial charge in [-0.3, -0.25) is 14.5 Å². The van der Waals surface area contributed by atoms with Gasteiger partial charge >= 0.3 is 0 Å². The quantitative estimate of drug-likeness (QED) is 0.901. The highest BCUT2D eigenvalue weighted by Crippen LogP contribution is 2.30. The minimum Gasteiger partial charge on any atom is -0.340 e. The van der Waals surface area contributed by atoms with Crippen molar-refractivity contribution in [1.29, 1.82) is 0 Å². The third-order valence-electron chi connectivity index (χ3n) is 3.64. The van der Waals surface area contributed by atoms with Crippen molar-refractivity contribution < 1.29 is 9.59 Å². The molecule has 0 spiro atoms. The van der Waals surface area contributed by atoms with E-state index in [0.29, 0.717) is 0 Å². The Balaban J connectivity index is 2.54. The number of piperazine rings is 1. The topological polar surface area (TPSA) is 49.4 Å². The molecule has 2 rings (SSSR count). The molecular weight excluding hydrogens is 320 g/mol. The number of carbonyl (C=O) groups is 2. The number of carbonyl (C=O) groups excluding carboxylic acids is 2. The maximum Gasteiger partial charge on any atom is 0.252 e. The molecule has 0 bridgehead atoms. The summed E-state index contributed by atoms with van der Waals surface area (Å²) in [4.78, 5) is 26.4. The second-order valence-corrected chi connectivity index (χ2v) is 6.51. The zero-order valence-corrected chi connectivity index (χ0v) is 13.7. The molecule has 1 N–H and O–H groups in total. The molecule has 1 aromatic rings. The van der Waals surface area contributed by atoms with Gasteiger partial charge in [-0.1, -0.05) is 22.9 Å². The Labute approximate surface area is 127 Å². The highest BCUT2D eigenvalue weighted by Gasteiger charge is 2.44. The molecule has 108 valence electrons. The summed E-state index contributed by atoms with van der Waals surface area (Å²) in [5, 5.41) is 2.76. The normalized spacial score (nSPS) is 21.9. The van der Waals surface area contributed by atoms with Crippen LogP contribution in [0.15, 0.2) is 22.7 Å². The predicted molar refractivity (Wildman–Crippen MR) is 82.7 cm³/mol. The van der Waals surface area contributed by atoms with Crippen LogP contribution in [0.5, 0.6) is 0 Å². The molecule has 0 aliphatic carbocycles. The smallest absolute Gasteiger partial charge is 0.252 e. The molecule has 5 heteroatoms. The maximum absolute atomic E-state index is 12.7. The molecule has 1 heterocycles. The van der Waals surface area contributed by atoms with Gasteiger partial charge in [0.1, 0.15) is 11.6 Å². The highest BCUT2D eigenvalue weighted by atomic mass is 79.9. The zero-order valence-electron chi connectivity index (χ0n) is 12.2. The molecule has 4 nitrogen and oxygen atoms in total. The number of amides is 2. The van der Waals surface area contributed by atoms with Crippen molar-refractivity contribution in [3.05, 3.63) is 28.2 Å². The Morgan fingerprint density at radius 3 is 2.60 bits per heavy atom. The fraction of sp³-hybridized carbons (Fsp3) is 0.467. The van der Waals surface area contributed by atoms with Gasteiger partial charge in [0.25, 0.3) is 5.91 Å².